The minimum Gasteiger partial charge on any atom is -0.507 e. The number of nitrogens with zero attached hydrogens (tertiary/aromatic N) is 1. The van der Waals surface area contributed by atoms with E-state index in [1.165, 1.54) is 0 Å². The molecule has 1 aliphatic heterocycles. The highest BCUT2D eigenvalue weighted by atomic mass is 16.7. The second-order valence-electron chi connectivity index (χ2n) is 7.26. The van der Waals surface area contributed by atoms with Crippen molar-refractivity contribution in [3.63, 3.8) is 0 Å². The van der Waals surface area contributed by atoms with Gasteiger partial charge in [-0.1, -0.05) is 18.2 Å². The molecule has 0 saturated carbocycles. The average molecular weight is 369 g/mol. The largest absolute Gasteiger partial charge is 0.507 e. The molecule has 2 aromatic carbocycles. The number of para-hydroxylation sites is 1. The number of aromatic hydroxyl groups is 1. The van der Waals surface area contributed by atoms with E-state index in [0.717, 1.165) is 5.56 Å². The zero-order chi connectivity index (χ0) is 19.4. The van der Waals surface area contributed by atoms with Crippen LogP contribution in [0.3, 0.4) is 0 Å². The van der Waals surface area contributed by atoms with Gasteiger partial charge in [-0.05, 0) is 50.6 Å². The monoisotopic (exact) mass is 369 g/mol. The Kier molecular flexibility index (Phi) is 5.35. The molecule has 1 atom stereocenters. The van der Waals surface area contributed by atoms with Gasteiger partial charge in [0.2, 0.25) is 6.79 Å². The van der Waals surface area contributed by atoms with Gasteiger partial charge in [-0.15, -0.1) is 0 Å². The smallest absolute Gasteiger partial charge is 0.308 e. The molecule has 2 aromatic rings. The maximum atomic E-state index is 12.4. The predicted molar refractivity (Wildman–Crippen MR) is 101 cm³/mol. The molecular formula is C21H23NO5. The molecule has 0 aliphatic carbocycles. The van der Waals surface area contributed by atoms with Crippen molar-refractivity contribution in [1.29, 1.82) is 0 Å². The Bertz CT molecular complexity index is 854. The van der Waals surface area contributed by atoms with Crippen LogP contribution in [0, 0.1) is 0 Å². The maximum absolute atomic E-state index is 12.4. The highest BCUT2D eigenvalue weighted by molar-refractivity contribution is 5.83. The van der Waals surface area contributed by atoms with Crippen LogP contribution in [0.5, 0.6) is 17.2 Å². The van der Waals surface area contributed by atoms with Crippen molar-refractivity contribution in [3.05, 3.63) is 53.6 Å². The van der Waals surface area contributed by atoms with Gasteiger partial charge in [-0.2, -0.15) is 0 Å². The van der Waals surface area contributed by atoms with Crippen molar-refractivity contribution >= 4 is 12.2 Å². The molecule has 0 saturated heterocycles. The number of rotatable bonds is 5. The van der Waals surface area contributed by atoms with E-state index in [-0.39, 0.29) is 24.9 Å². The van der Waals surface area contributed by atoms with Crippen molar-refractivity contribution in [2.45, 2.75) is 38.8 Å². The van der Waals surface area contributed by atoms with Gasteiger partial charge in [-0.25, -0.2) is 0 Å². The number of hydrogen-bond donors (Lipinski definition) is 1. The lowest BCUT2D eigenvalue weighted by Crippen LogP contribution is -2.24. The molecule has 1 aliphatic rings. The van der Waals surface area contributed by atoms with Gasteiger partial charge in [0.15, 0.2) is 11.5 Å². The summed E-state index contributed by atoms with van der Waals surface area (Å²) in [6, 6.07) is 11.9. The molecule has 0 aromatic heterocycles. The minimum absolute atomic E-state index is 0.0704. The first-order valence-electron chi connectivity index (χ1n) is 8.74. The quantitative estimate of drug-likeness (QED) is 0.636. The molecule has 6 nitrogen and oxygen atoms in total. The first kappa shape index (κ1) is 18.8. The van der Waals surface area contributed by atoms with E-state index in [1.54, 1.807) is 30.5 Å². The SMILES string of the molecule is CC(C)(C)OC(=O)C[C@H](N=Cc1ccccc1O)c1ccc2c(c1)OCO2. The third-order valence-electron chi connectivity index (χ3n) is 3.89. The van der Waals surface area contributed by atoms with E-state index in [0.29, 0.717) is 17.1 Å². The van der Waals surface area contributed by atoms with Gasteiger partial charge in [0.25, 0.3) is 0 Å². The number of phenols is 1. The Labute approximate surface area is 158 Å². The Morgan fingerprint density at radius 2 is 1.96 bits per heavy atom. The zero-order valence-electron chi connectivity index (χ0n) is 15.6. The first-order chi connectivity index (χ1) is 12.8. The Balaban J connectivity index is 1.86. The first-order valence-corrected chi connectivity index (χ1v) is 8.74. The number of esters is 1. The summed E-state index contributed by atoms with van der Waals surface area (Å²) in [5.41, 5.74) is 0.807. The minimum atomic E-state index is -0.571. The van der Waals surface area contributed by atoms with Crippen LogP contribution in [0.2, 0.25) is 0 Å². The summed E-state index contributed by atoms with van der Waals surface area (Å²) >= 11 is 0. The van der Waals surface area contributed by atoms with Crippen molar-refractivity contribution in [3.8, 4) is 17.2 Å². The summed E-state index contributed by atoms with van der Waals surface area (Å²) in [5.74, 6) is 1.07. The van der Waals surface area contributed by atoms with Crippen LogP contribution in [0.1, 0.15) is 44.4 Å². The van der Waals surface area contributed by atoms with Crippen molar-refractivity contribution in [2.75, 3.05) is 6.79 Å². The van der Waals surface area contributed by atoms with Crippen LogP contribution < -0.4 is 9.47 Å². The molecule has 0 amide bonds. The summed E-state index contributed by atoms with van der Waals surface area (Å²) in [7, 11) is 0. The van der Waals surface area contributed by atoms with Gasteiger partial charge in [0.1, 0.15) is 11.4 Å². The van der Waals surface area contributed by atoms with Gasteiger partial charge < -0.3 is 19.3 Å². The lowest BCUT2D eigenvalue weighted by molar-refractivity contribution is -0.155. The molecule has 0 fully saturated rings. The van der Waals surface area contributed by atoms with Crippen LogP contribution >= 0.6 is 0 Å². The molecule has 6 heteroatoms. The fraction of sp³-hybridized carbons (Fsp3) is 0.333. The predicted octanol–water partition coefficient (Wildman–Crippen LogP) is 4.01. The van der Waals surface area contributed by atoms with Gasteiger partial charge in [0, 0.05) is 11.8 Å². The summed E-state index contributed by atoms with van der Waals surface area (Å²) in [5, 5.41) is 9.94. The second-order valence-corrected chi connectivity index (χ2v) is 7.26. The highest BCUT2D eigenvalue weighted by Crippen LogP contribution is 2.36. The standard InChI is InChI=1S/C21H23NO5/c1-21(2,3)27-20(24)11-16(22-12-15-6-4-5-7-17(15)23)14-8-9-18-19(10-14)26-13-25-18/h4-10,12,16,23H,11,13H2,1-3H3/t16-/m0/s1. The van der Waals surface area contributed by atoms with Crippen molar-refractivity contribution in [1.82, 2.24) is 0 Å². The number of benzene rings is 2. The molecule has 1 N–H and O–H groups in total. The lowest BCUT2D eigenvalue weighted by atomic mass is 10.0. The molecule has 0 radical (unpaired) electrons. The Morgan fingerprint density at radius 1 is 1.22 bits per heavy atom. The number of aliphatic imine (C=N–C) groups is 1. The van der Waals surface area contributed by atoms with E-state index in [2.05, 4.69) is 4.99 Å². The normalized spacial score (nSPS) is 14.3. The number of fused-ring (bicyclic) bond motifs is 1. The topological polar surface area (TPSA) is 77.4 Å². The van der Waals surface area contributed by atoms with E-state index in [4.69, 9.17) is 14.2 Å². The van der Waals surface area contributed by atoms with Crippen LogP contribution in [-0.4, -0.2) is 29.7 Å². The molecule has 1 heterocycles. The fourth-order valence-electron chi connectivity index (χ4n) is 2.69. The highest BCUT2D eigenvalue weighted by Gasteiger charge is 2.23. The summed E-state index contributed by atoms with van der Waals surface area (Å²) in [4.78, 5) is 16.9. The Hall–Kier alpha value is -3.02. The van der Waals surface area contributed by atoms with E-state index in [9.17, 15) is 9.90 Å². The molecule has 27 heavy (non-hydrogen) atoms. The van der Waals surface area contributed by atoms with Crippen LogP contribution in [0.25, 0.3) is 0 Å². The van der Waals surface area contributed by atoms with E-state index in [1.807, 2.05) is 39.0 Å². The van der Waals surface area contributed by atoms with E-state index >= 15 is 0 Å². The summed E-state index contributed by atoms with van der Waals surface area (Å²) < 4.78 is 16.2. The Morgan fingerprint density at radius 3 is 2.70 bits per heavy atom. The van der Waals surface area contributed by atoms with E-state index < -0.39 is 11.6 Å². The number of hydrogen-bond acceptors (Lipinski definition) is 6. The van der Waals surface area contributed by atoms with Crippen LogP contribution in [0.15, 0.2) is 47.5 Å². The average Bonchev–Trinajstić information content (AvgIpc) is 3.06. The molecule has 0 spiro atoms. The zero-order valence-corrected chi connectivity index (χ0v) is 15.6. The molecule has 0 bridgehead atoms. The van der Waals surface area contributed by atoms with Gasteiger partial charge in [0.05, 0.1) is 12.5 Å². The third kappa shape index (κ3) is 5.00. The molecule has 3 rings (SSSR count). The maximum Gasteiger partial charge on any atom is 0.308 e. The van der Waals surface area contributed by atoms with Crippen molar-refractivity contribution in [2.24, 2.45) is 4.99 Å². The summed E-state index contributed by atoms with van der Waals surface area (Å²) in [6.45, 7) is 5.65. The lowest BCUT2D eigenvalue weighted by Gasteiger charge is -2.21. The number of ether oxygens (including phenoxy) is 3. The molecule has 142 valence electrons. The van der Waals surface area contributed by atoms with Crippen LogP contribution in [0.4, 0.5) is 0 Å². The van der Waals surface area contributed by atoms with Crippen LogP contribution in [-0.2, 0) is 9.53 Å². The molecule has 0 unspecified atom stereocenters. The fourth-order valence-corrected chi connectivity index (χ4v) is 2.69. The number of carbonyl (C=O) groups is 1. The van der Waals surface area contributed by atoms with Gasteiger partial charge >= 0.3 is 5.97 Å². The third-order valence-corrected chi connectivity index (χ3v) is 3.89. The van der Waals surface area contributed by atoms with Crippen molar-refractivity contribution < 1.29 is 24.1 Å². The number of carbonyl (C=O) groups excluding carboxylic acids is 1. The summed E-state index contributed by atoms with van der Waals surface area (Å²) in [6.07, 6.45) is 1.63. The second kappa shape index (κ2) is 7.70. The molecular weight excluding hydrogens is 346 g/mol. The number of phenolic OH excluding ortho intramolecular Hbond substituents is 1. The van der Waals surface area contributed by atoms with Gasteiger partial charge in [-0.3, -0.25) is 9.79 Å².